The standard InChI is InChI=1S/C12H13F2NO2/c1-15-10-4-3-9(12(13,14)7-16)6-8(10)2-5-11(15)17/h3-4,6,16H,2,5,7H2,1H3. The summed E-state index contributed by atoms with van der Waals surface area (Å²) in [6.45, 7) is -1.21. The van der Waals surface area contributed by atoms with Crippen LogP contribution in [0.1, 0.15) is 17.5 Å². The second-order valence-electron chi connectivity index (χ2n) is 4.16. The van der Waals surface area contributed by atoms with Gasteiger partial charge in [-0.2, -0.15) is 8.78 Å². The molecule has 92 valence electrons. The number of aliphatic hydroxyl groups excluding tert-OH is 1. The van der Waals surface area contributed by atoms with Crippen molar-refractivity contribution in [1.82, 2.24) is 0 Å². The molecule has 1 aliphatic heterocycles. The maximum Gasteiger partial charge on any atom is 0.295 e. The molecule has 0 aromatic heterocycles. The molecule has 1 amide bonds. The summed E-state index contributed by atoms with van der Waals surface area (Å²) in [6, 6.07) is 4.13. The summed E-state index contributed by atoms with van der Waals surface area (Å²) in [5.74, 6) is -3.24. The Hall–Kier alpha value is -1.49. The third kappa shape index (κ3) is 2.02. The third-order valence-corrected chi connectivity index (χ3v) is 3.04. The average Bonchev–Trinajstić information content (AvgIpc) is 2.33. The molecule has 0 radical (unpaired) electrons. The van der Waals surface area contributed by atoms with Crippen molar-refractivity contribution in [3.05, 3.63) is 29.3 Å². The van der Waals surface area contributed by atoms with E-state index in [0.29, 0.717) is 18.5 Å². The number of fused-ring (bicyclic) bond motifs is 1. The molecular formula is C12H13F2NO2. The van der Waals surface area contributed by atoms with Crippen LogP contribution in [0, 0.1) is 0 Å². The van der Waals surface area contributed by atoms with E-state index in [0.717, 1.165) is 5.56 Å². The summed E-state index contributed by atoms with van der Waals surface area (Å²) in [4.78, 5) is 12.9. The molecule has 0 atom stereocenters. The molecule has 1 aromatic carbocycles. The fraction of sp³-hybridized carbons (Fsp3) is 0.417. The summed E-state index contributed by atoms with van der Waals surface area (Å²) >= 11 is 0. The van der Waals surface area contributed by atoms with Crippen molar-refractivity contribution >= 4 is 11.6 Å². The van der Waals surface area contributed by atoms with Gasteiger partial charge in [0.05, 0.1) is 0 Å². The first-order valence-electron chi connectivity index (χ1n) is 5.34. The third-order valence-electron chi connectivity index (χ3n) is 3.04. The van der Waals surface area contributed by atoms with Gasteiger partial charge in [0.1, 0.15) is 6.61 Å². The highest BCUT2D eigenvalue weighted by Crippen LogP contribution is 2.33. The van der Waals surface area contributed by atoms with Gasteiger partial charge in [-0.1, -0.05) is 6.07 Å². The van der Waals surface area contributed by atoms with E-state index < -0.39 is 12.5 Å². The Bertz CT molecular complexity index is 460. The van der Waals surface area contributed by atoms with E-state index in [1.54, 1.807) is 7.05 Å². The number of hydrogen-bond acceptors (Lipinski definition) is 2. The van der Waals surface area contributed by atoms with Gasteiger partial charge in [-0.05, 0) is 24.1 Å². The lowest BCUT2D eigenvalue weighted by Gasteiger charge is -2.27. The van der Waals surface area contributed by atoms with E-state index in [-0.39, 0.29) is 11.5 Å². The minimum atomic E-state index is -3.23. The quantitative estimate of drug-likeness (QED) is 0.855. The summed E-state index contributed by atoms with van der Waals surface area (Å²) < 4.78 is 26.6. The number of nitrogens with zero attached hydrogens (tertiary/aromatic N) is 1. The van der Waals surface area contributed by atoms with Gasteiger partial charge >= 0.3 is 0 Å². The highest BCUT2D eigenvalue weighted by Gasteiger charge is 2.32. The van der Waals surface area contributed by atoms with Crippen molar-refractivity contribution in [2.45, 2.75) is 18.8 Å². The van der Waals surface area contributed by atoms with Crippen molar-refractivity contribution in [1.29, 1.82) is 0 Å². The lowest BCUT2D eigenvalue weighted by atomic mass is 9.97. The number of carbonyl (C=O) groups excluding carboxylic acids is 1. The molecule has 3 nitrogen and oxygen atoms in total. The van der Waals surface area contributed by atoms with Gasteiger partial charge in [0.25, 0.3) is 5.92 Å². The number of hydrogen-bond donors (Lipinski definition) is 1. The molecule has 0 saturated carbocycles. The Labute approximate surface area is 97.7 Å². The molecule has 0 unspecified atom stereocenters. The molecule has 0 saturated heterocycles. The lowest BCUT2D eigenvalue weighted by molar-refractivity contribution is -0.118. The highest BCUT2D eigenvalue weighted by atomic mass is 19.3. The van der Waals surface area contributed by atoms with Crippen LogP contribution < -0.4 is 4.90 Å². The largest absolute Gasteiger partial charge is 0.390 e. The highest BCUT2D eigenvalue weighted by molar-refractivity contribution is 5.95. The van der Waals surface area contributed by atoms with Gasteiger partial charge in [0, 0.05) is 24.7 Å². The normalized spacial score (nSPS) is 16.0. The Morgan fingerprint density at radius 2 is 2.12 bits per heavy atom. The molecular weight excluding hydrogens is 228 g/mol. The van der Waals surface area contributed by atoms with Crippen LogP contribution in [0.4, 0.5) is 14.5 Å². The van der Waals surface area contributed by atoms with Crippen LogP contribution in [0.15, 0.2) is 18.2 Å². The maximum atomic E-state index is 13.3. The zero-order valence-electron chi connectivity index (χ0n) is 9.41. The summed E-state index contributed by atoms with van der Waals surface area (Å²) in [6.07, 6.45) is 0.797. The topological polar surface area (TPSA) is 40.5 Å². The zero-order chi connectivity index (χ0) is 12.6. The van der Waals surface area contributed by atoms with Crippen molar-refractivity contribution in [2.75, 3.05) is 18.6 Å². The number of amides is 1. The fourth-order valence-corrected chi connectivity index (χ4v) is 1.98. The van der Waals surface area contributed by atoms with Gasteiger partial charge in [-0.3, -0.25) is 4.79 Å². The molecule has 2 rings (SSSR count). The van der Waals surface area contributed by atoms with Crippen LogP contribution in [0.2, 0.25) is 0 Å². The van der Waals surface area contributed by atoms with Gasteiger partial charge in [0.2, 0.25) is 5.91 Å². The molecule has 0 fully saturated rings. The summed E-state index contributed by atoms with van der Waals surface area (Å²) in [7, 11) is 1.63. The minimum absolute atomic E-state index is 0.0147. The smallest absolute Gasteiger partial charge is 0.295 e. The van der Waals surface area contributed by atoms with E-state index in [2.05, 4.69) is 0 Å². The van der Waals surface area contributed by atoms with Gasteiger partial charge < -0.3 is 10.0 Å². The minimum Gasteiger partial charge on any atom is -0.390 e. The number of anilines is 1. The number of aryl methyl sites for hydroxylation is 1. The monoisotopic (exact) mass is 241 g/mol. The predicted molar refractivity (Wildman–Crippen MR) is 59.2 cm³/mol. The van der Waals surface area contributed by atoms with Crippen LogP contribution in [0.25, 0.3) is 0 Å². The van der Waals surface area contributed by atoms with Crippen LogP contribution in [-0.2, 0) is 17.1 Å². The van der Waals surface area contributed by atoms with E-state index in [1.807, 2.05) is 0 Å². The number of aliphatic hydroxyl groups is 1. The van der Waals surface area contributed by atoms with Crippen LogP contribution >= 0.6 is 0 Å². The first-order chi connectivity index (χ1) is 7.95. The summed E-state index contributed by atoms with van der Waals surface area (Å²) in [5, 5.41) is 8.63. The molecule has 1 aromatic rings. The molecule has 0 bridgehead atoms. The first-order valence-corrected chi connectivity index (χ1v) is 5.34. The van der Waals surface area contributed by atoms with Gasteiger partial charge in [-0.25, -0.2) is 0 Å². The molecule has 1 aliphatic rings. The molecule has 5 heteroatoms. The van der Waals surface area contributed by atoms with Crippen molar-refractivity contribution in [3.63, 3.8) is 0 Å². The zero-order valence-corrected chi connectivity index (χ0v) is 9.41. The molecule has 17 heavy (non-hydrogen) atoms. The second-order valence-corrected chi connectivity index (χ2v) is 4.16. The number of halogens is 2. The maximum absolute atomic E-state index is 13.3. The SMILES string of the molecule is CN1C(=O)CCc2cc(C(F)(F)CO)ccc21. The fourth-order valence-electron chi connectivity index (χ4n) is 1.98. The van der Waals surface area contributed by atoms with E-state index in [1.165, 1.54) is 23.1 Å². The first kappa shape index (κ1) is 12.0. The second kappa shape index (κ2) is 4.07. The van der Waals surface area contributed by atoms with Crippen molar-refractivity contribution < 1.29 is 18.7 Å². The molecule has 1 N–H and O–H groups in total. The molecule has 0 aliphatic carbocycles. The summed E-state index contributed by atoms with van der Waals surface area (Å²) in [5.41, 5.74) is 1.18. The van der Waals surface area contributed by atoms with Gasteiger partial charge in [-0.15, -0.1) is 0 Å². The molecule has 1 heterocycles. The van der Waals surface area contributed by atoms with Crippen LogP contribution in [-0.4, -0.2) is 24.7 Å². The average molecular weight is 241 g/mol. The Kier molecular flexibility index (Phi) is 2.87. The van der Waals surface area contributed by atoms with Gasteiger partial charge in [0.15, 0.2) is 0 Å². The molecule has 0 spiro atoms. The Morgan fingerprint density at radius 1 is 1.41 bits per heavy atom. The van der Waals surface area contributed by atoms with Crippen LogP contribution in [0.3, 0.4) is 0 Å². The number of carbonyl (C=O) groups is 1. The van der Waals surface area contributed by atoms with E-state index in [4.69, 9.17) is 5.11 Å². The van der Waals surface area contributed by atoms with Crippen molar-refractivity contribution in [3.8, 4) is 0 Å². The van der Waals surface area contributed by atoms with Crippen molar-refractivity contribution in [2.24, 2.45) is 0 Å². The number of rotatable bonds is 2. The van der Waals surface area contributed by atoms with E-state index >= 15 is 0 Å². The number of alkyl halides is 2. The Morgan fingerprint density at radius 3 is 2.76 bits per heavy atom. The lowest BCUT2D eigenvalue weighted by Crippen LogP contribution is -2.31. The van der Waals surface area contributed by atoms with Crippen LogP contribution in [0.5, 0.6) is 0 Å². The predicted octanol–water partition coefficient (Wildman–Crippen LogP) is 1.68. The number of benzene rings is 1. The van der Waals surface area contributed by atoms with E-state index in [9.17, 15) is 13.6 Å². The Balaban J connectivity index is 2.42.